The van der Waals surface area contributed by atoms with Crippen LogP contribution in [0.4, 0.5) is 0 Å². The van der Waals surface area contributed by atoms with E-state index in [1.807, 2.05) is 48.6 Å². The Morgan fingerprint density at radius 1 is 0.830 bits per heavy atom. The molecule has 250 valence electrons. The fraction of sp³-hybridized carbons (Fsp3) is 0.375. The molecule has 0 spiro atoms. The average molecular weight is 650 g/mol. The van der Waals surface area contributed by atoms with Crippen molar-refractivity contribution in [2.24, 2.45) is 11.8 Å². The number of nitrogens with zero attached hydrogens (tertiary/aromatic N) is 2. The first-order chi connectivity index (χ1) is 21.7. The summed E-state index contributed by atoms with van der Waals surface area (Å²) in [7, 11) is -1.77. The van der Waals surface area contributed by atoms with Crippen LogP contribution in [0.25, 0.3) is 0 Å². The van der Waals surface area contributed by atoms with Crippen LogP contribution in [0.2, 0.25) is 0 Å². The van der Waals surface area contributed by atoms with Gasteiger partial charge in [-0.3, -0.25) is 29.0 Å². The predicted molar refractivity (Wildman–Crippen MR) is 173 cm³/mol. The number of likely N-dealkylation sites (tertiary alicyclic amines) is 1. The van der Waals surface area contributed by atoms with Gasteiger partial charge in [0.25, 0.3) is 11.8 Å². The molecule has 2 aromatic rings. The molecular formula is C32H40B2N2O11. The highest BCUT2D eigenvalue weighted by molar-refractivity contribution is 6.61. The summed E-state index contributed by atoms with van der Waals surface area (Å²) in [6, 6.07) is 18.2. The van der Waals surface area contributed by atoms with Gasteiger partial charge in [-0.15, -0.1) is 0 Å². The molecule has 0 saturated carbocycles. The quantitative estimate of drug-likeness (QED) is 0.158. The van der Waals surface area contributed by atoms with Gasteiger partial charge >= 0.3 is 14.2 Å². The van der Waals surface area contributed by atoms with Crippen LogP contribution in [0.15, 0.2) is 85.0 Å². The lowest BCUT2D eigenvalue weighted by Crippen LogP contribution is -2.40. The van der Waals surface area contributed by atoms with E-state index in [1.54, 1.807) is 24.3 Å². The van der Waals surface area contributed by atoms with Gasteiger partial charge < -0.3 is 34.3 Å². The van der Waals surface area contributed by atoms with Crippen molar-refractivity contribution in [2.45, 2.75) is 39.3 Å². The molecule has 2 bridgehead atoms. The van der Waals surface area contributed by atoms with Gasteiger partial charge in [0.2, 0.25) is 11.8 Å². The van der Waals surface area contributed by atoms with Crippen LogP contribution >= 0.6 is 0 Å². The van der Waals surface area contributed by atoms with Crippen LogP contribution in [-0.2, 0) is 33.2 Å². The van der Waals surface area contributed by atoms with Crippen LogP contribution in [0.5, 0.6) is 0 Å². The highest BCUT2D eigenvalue weighted by atomic mass is 16.6. The predicted octanol–water partition coefficient (Wildman–Crippen LogP) is -1.36. The molecule has 6 atom stereocenters. The minimum absolute atomic E-state index is 0. The minimum Gasteiger partial charge on any atom is -0.423 e. The second-order valence-electron chi connectivity index (χ2n) is 10.9. The van der Waals surface area contributed by atoms with Crippen LogP contribution < -0.4 is 10.9 Å². The molecule has 47 heavy (non-hydrogen) atoms. The standard InChI is InChI=1S/C13H12BNO4.C11H13NO5.C6H7BO2.2CH4/c16-12-6-7-13(17)15(12)8-11-9-18-14(19-11)10-4-2-1-3-5-10;13-4-5(14)3-12-10(15)8-6-1-2-7(17-6)9(8)11(12)16;8-7(9)6-4-2-1-3-5-6;;/h1-7,11H,8-9H2;1-2,5-9,13-14H,3-4H2;1-5,8-9H;2*1H4. The van der Waals surface area contributed by atoms with Crippen molar-refractivity contribution >= 4 is 48.8 Å². The van der Waals surface area contributed by atoms with Crippen LogP contribution in [0, 0.1) is 11.8 Å². The summed E-state index contributed by atoms with van der Waals surface area (Å²) >= 11 is 0. The molecule has 3 saturated heterocycles. The number of hydrogen-bond acceptors (Lipinski definition) is 11. The number of β-amino-alcohol motifs (C(OH)–C–C–N with tert-alkyl or cyclic N) is 1. The summed E-state index contributed by atoms with van der Waals surface area (Å²) in [5.74, 6) is -2.07. The Balaban J connectivity index is 0.000000198. The molecule has 4 amide bonds. The third-order valence-corrected chi connectivity index (χ3v) is 7.81. The number of ether oxygens (including phenoxy) is 1. The van der Waals surface area contributed by atoms with E-state index in [-0.39, 0.29) is 69.9 Å². The van der Waals surface area contributed by atoms with Gasteiger partial charge in [-0.2, -0.15) is 0 Å². The SMILES string of the molecule is C.C.O=C1C2C3C=CC(O3)C2C(=O)N1CC(O)CO.O=C1C=CC(=O)N1CC1COB(c2ccccc2)O1.OB(O)c1ccccc1. The highest BCUT2D eigenvalue weighted by Crippen LogP contribution is 2.45. The summed E-state index contributed by atoms with van der Waals surface area (Å²) in [6.07, 6.45) is 4.19. The first-order valence-corrected chi connectivity index (χ1v) is 14.4. The van der Waals surface area contributed by atoms with Crippen molar-refractivity contribution in [1.82, 2.24) is 9.80 Å². The Morgan fingerprint density at radius 2 is 1.36 bits per heavy atom. The van der Waals surface area contributed by atoms with Crippen LogP contribution in [0.1, 0.15) is 14.9 Å². The van der Waals surface area contributed by atoms with Crippen LogP contribution in [-0.4, -0.2) is 119 Å². The first-order valence-electron chi connectivity index (χ1n) is 14.4. The Hall–Kier alpha value is -3.95. The summed E-state index contributed by atoms with van der Waals surface area (Å²) in [5, 5.41) is 35.2. The molecule has 2 aromatic carbocycles. The van der Waals surface area contributed by atoms with Gasteiger partial charge in [0.15, 0.2) is 0 Å². The lowest BCUT2D eigenvalue weighted by molar-refractivity contribution is -0.144. The number of rotatable bonds is 7. The Kier molecular flexibility index (Phi) is 13.4. The van der Waals surface area contributed by atoms with Crippen LogP contribution in [0.3, 0.4) is 0 Å². The molecule has 5 heterocycles. The van der Waals surface area contributed by atoms with Crippen molar-refractivity contribution in [3.8, 4) is 0 Å². The fourth-order valence-electron chi connectivity index (χ4n) is 5.58. The van der Waals surface area contributed by atoms with E-state index < -0.39 is 38.8 Å². The molecular weight excluding hydrogens is 610 g/mol. The molecule has 13 nitrogen and oxygen atoms in total. The topological polar surface area (TPSA) is 183 Å². The number of carbonyl (C=O) groups is 4. The lowest BCUT2D eigenvalue weighted by atomic mass is 9.79. The first kappa shape index (κ1) is 37.5. The van der Waals surface area contributed by atoms with E-state index in [4.69, 9.17) is 29.2 Å². The molecule has 7 rings (SSSR count). The van der Waals surface area contributed by atoms with E-state index in [2.05, 4.69) is 0 Å². The molecule has 6 unspecified atom stereocenters. The number of benzene rings is 2. The van der Waals surface area contributed by atoms with Gasteiger partial charge in [-0.25, -0.2) is 0 Å². The molecule has 0 aliphatic carbocycles. The number of hydrogen-bond donors (Lipinski definition) is 4. The van der Waals surface area contributed by atoms with Crippen molar-refractivity contribution in [1.29, 1.82) is 0 Å². The number of aliphatic hydroxyl groups is 2. The third-order valence-electron chi connectivity index (χ3n) is 7.81. The maximum Gasteiger partial charge on any atom is 0.494 e. The molecule has 0 aromatic heterocycles. The fourth-order valence-corrected chi connectivity index (χ4v) is 5.58. The minimum atomic E-state index is -1.34. The Morgan fingerprint density at radius 3 is 1.85 bits per heavy atom. The van der Waals surface area contributed by atoms with E-state index in [1.165, 1.54) is 17.1 Å². The number of amides is 4. The molecule has 5 aliphatic rings. The number of carbonyl (C=O) groups excluding carboxylic acids is 4. The second kappa shape index (κ2) is 16.7. The maximum absolute atomic E-state index is 12.0. The smallest absolute Gasteiger partial charge is 0.423 e. The molecule has 0 radical (unpaired) electrons. The lowest BCUT2D eigenvalue weighted by Gasteiger charge is -2.19. The van der Waals surface area contributed by atoms with Crippen molar-refractivity contribution < 1.29 is 53.5 Å². The largest absolute Gasteiger partial charge is 0.494 e. The van der Waals surface area contributed by atoms with Crippen molar-refractivity contribution in [3.05, 3.63) is 85.0 Å². The Bertz CT molecular complexity index is 1400. The second-order valence-corrected chi connectivity index (χ2v) is 10.9. The molecule has 5 aliphatic heterocycles. The molecule has 3 fully saturated rings. The summed E-state index contributed by atoms with van der Waals surface area (Å²) in [4.78, 5) is 49.2. The number of fused-ring (bicyclic) bond motifs is 5. The van der Waals surface area contributed by atoms with Crippen molar-refractivity contribution in [3.63, 3.8) is 0 Å². The molecule has 4 N–H and O–H groups in total. The normalized spacial score (nSPS) is 25.4. The van der Waals surface area contributed by atoms with Gasteiger partial charge in [-0.1, -0.05) is 87.7 Å². The maximum atomic E-state index is 12.0. The summed E-state index contributed by atoms with van der Waals surface area (Å²) < 4.78 is 16.7. The van der Waals surface area contributed by atoms with Gasteiger partial charge in [0.05, 0.1) is 62.6 Å². The number of aliphatic hydroxyl groups excluding tert-OH is 2. The van der Waals surface area contributed by atoms with E-state index in [0.717, 1.165) is 10.4 Å². The van der Waals surface area contributed by atoms with Gasteiger partial charge in [-0.05, 0) is 10.9 Å². The van der Waals surface area contributed by atoms with E-state index in [0.29, 0.717) is 12.1 Å². The number of imide groups is 2. The van der Waals surface area contributed by atoms with Crippen molar-refractivity contribution in [2.75, 3.05) is 26.3 Å². The van der Waals surface area contributed by atoms with Gasteiger partial charge in [0.1, 0.15) is 0 Å². The zero-order chi connectivity index (χ0) is 32.1. The monoisotopic (exact) mass is 650 g/mol. The zero-order valence-electron chi connectivity index (χ0n) is 24.1. The summed E-state index contributed by atoms with van der Waals surface area (Å²) in [6.45, 7) is -0.000766. The third kappa shape index (κ3) is 8.51. The zero-order valence-corrected chi connectivity index (χ0v) is 24.1. The Labute approximate surface area is 274 Å². The summed E-state index contributed by atoms with van der Waals surface area (Å²) in [5.41, 5.74) is 1.46. The average Bonchev–Trinajstić information content (AvgIpc) is 3.89. The van der Waals surface area contributed by atoms with E-state index in [9.17, 15) is 24.3 Å². The molecule has 15 heteroatoms. The van der Waals surface area contributed by atoms with Gasteiger partial charge in [0, 0.05) is 12.2 Å². The highest BCUT2D eigenvalue weighted by Gasteiger charge is 2.60. The van der Waals surface area contributed by atoms with E-state index >= 15 is 0 Å².